The number of nitrogens with one attached hydrogen (secondary N) is 2. The van der Waals surface area contributed by atoms with Crippen LogP contribution in [0.4, 0.5) is 23.7 Å². The monoisotopic (exact) mass is 590 g/mol. The molecule has 0 fully saturated rings. The molecule has 2 N–H and O–H groups in total. The average Bonchev–Trinajstić information content (AvgIpc) is 2.90. The molecule has 0 aromatic heterocycles. The van der Waals surface area contributed by atoms with Gasteiger partial charge < -0.3 is 20.3 Å². The largest absolute Gasteiger partial charge is 0.444 e. The molecule has 0 spiro atoms. The van der Waals surface area contributed by atoms with Gasteiger partial charge in [-0.05, 0) is 75.4 Å². The third kappa shape index (κ3) is 7.40. The van der Waals surface area contributed by atoms with Crippen molar-refractivity contribution in [3.05, 3.63) is 65.0 Å². The molecule has 1 aliphatic rings. The number of ether oxygens (including phenoxy) is 1. The smallest absolute Gasteiger partial charge is 0.410 e. The van der Waals surface area contributed by atoms with Gasteiger partial charge >= 0.3 is 6.09 Å². The van der Waals surface area contributed by atoms with Crippen LogP contribution in [0.5, 0.6) is 0 Å². The highest BCUT2D eigenvalue weighted by atomic mass is 19.1. The summed E-state index contributed by atoms with van der Waals surface area (Å²) < 4.78 is 48.1. The van der Waals surface area contributed by atoms with Gasteiger partial charge in [0.2, 0.25) is 11.8 Å². The highest BCUT2D eigenvalue weighted by molar-refractivity contribution is 6.00. The number of benzene rings is 2. The van der Waals surface area contributed by atoms with Crippen LogP contribution in [0.1, 0.15) is 58.7 Å². The fourth-order valence-corrected chi connectivity index (χ4v) is 4.56. The van der Waals surface area contributed by atoms with E-state index in [0.717, 1.165) is 29.2 Å². The second-order valence-electron chi connectivity index (χ2n) is 11.6. The third-order valence-corrected chi connectivity index (χ3v) is 6.95. The Labute approximate surface area is 243 Å². The summed E-state index contributed by atoms with van der Waals surface area (Å²) in [6.07, 6.45) is -0.526. The van der Waals surface area contributed by atoms with E-state index in [4.69, 9.17) is 4.74 Å². The van der Waals surface area contributed by atoms with Gasteiger partial charge in [0.1, 0.15) is 46.9 Å². The molecule has 3 atom stereocenters. The number of amides is 4. The van der Waals surface area contributed by atoms with E-state index in [2.05, 4.69) is 10.6 Å². The quantitative estimate of drug-likeness (QED) is 0.492. The van der Waals surface area contributed by atoms with Crippen LogP contribution in [0.2, 0.25) is 0 Å². The fourth-order valence-electron chi connectivity index (χ4n) is 4.56. The second-order valence-corrected chi connectivity index (χ2v) is 11.6. The van der Waals surface area contributed by atoms with Crippen molar-refractivity contribution >= 4 is 29.5 Å². The molecule has 4 amide bonds. The number of rotatable bonds is 7. The number of para-hydroxylation sites is 1. The van der Waals surface area contributed by atoms with E-state index in [-0.39, 0.29) is 18.5 Å². The van der Waals surface area contributed by atoms with Crippen molar-refractivity contribution in [2.75, 3.05) is 18.9 Å². The van der Waals surface area contributed by atoms with E-state index in [1.165, 1.54) is 31.0 Å². The predicted molar refractivity (Wildman–Crippen MR) is 150 cm³/mol. The molecule has 228 valence electrons. The minimum absolute atomic E-state index is 0.0282. The minimum Gasteiger partial charge on any atom is -0.444 e. The zero-order valence-corrected chi connectivity index (χ0v) is 24.8. The summed E-state index contributed by atoms with van der Waals surface area (Å²) in [6.45, 7) is 9.91. The number of likely N-dealkylation sites (N-methyl/N-ethyl adjacent to an activating group) is 1. The Hall–Kier alpha value is -4.09. The summed E-state index contributed by atoms with van der Waals surface area (Å²) in [6, 6.07) is 3.32. The second kappa shape index (κ2) is 12.8. The normalized spacial score (nSPS) is 16.3. The number of anilines is 1. The topological polar surface area (TPSA) is 108 Å². The van der Waals surface area contributed by atoms with Crippen LogP contribution in [-0.2, 0) is 25.5 Å². The number of fused-ring (bicyclic) bond motifs is 1. The standard InChI is InChI=1S/C30H37F3N4O5/c1-16(2)23(34-26(38)17(3)36(7)29(41)42-30(4,5)6)28(40)37-14-13-18-15-19(31)11-12-20(18)25(37)27(39)35-24-21(32)9-8-10-22(24)33/h8-12,15-17,23,25H,13-14H2,1-7H3,(H,34,38)(H,35,39)/t17-,23-,25?/m0/s1. The molecule has 42 heavy (non-hydrogen) atoms. The number of halogens is 3. The van der Waals surface area contributed by atoms with Crippen LogP contribution in [0.15, 0.2) is 36.4 Å². The Bertz CT molecular complexity index is 1340. The molecule has 0 radical (unpaired) electrons. The molecule has 0 aliphatic carbocycles. The molecule has 2 aromatic carbocycles. The number of carbonyl (C=O) groups is 4. The molecule has 1 aliphatic heterocycles. The predicted octanol–water partition coefficient (Wildman–Crippen LogP) is 4.56. The first kappa shape index (κ1) is 32.4. The van der Waals surface area contributed by atoms with E-state index in [1.54, 1.807) is 34.6 Å². The molecular weight excluding hydrogens is 553 g/mol. The van der Waals surface area contributed by atoms with Crippen molar-refractivity contribution in [1.82, 2.24) is 15.1 Å². The number of hydrogen-bond acceptors (Lipinski definition) is 5. The Morgan fingerprint density at radius 3 is 2.21 bits per heavy atom. The fraction of sp³-hybridized carbons (Fsp3) is 0.467. The number of carbonyl (C=O) groups excluding carboxylic acids is 4. The highest BCUT2D eigenvalue weighted by Gasteiger charge is 2.41. The lowest BCUT2D eigenvalue weighted by Gasteiger charge is -2.39. The van der Waals surface area contributed by atoms with Gasteiger partial charge in [0.15, 0.2) is 0 Å². The zero-order chi connectivity index (χ0) is 31.5. The number of nitrogens with zero attached hydrogens (tertiary/aromatic N) is 2. The van der Waals surface area contributed by atoms with Gasteiger partial charge in [-0.25, -0.2) is 18.0 Å². The van der Waals surface area contributed by atoms with Crippen molar-refractivity contribution < 1.29 is 37.1 Å². The van der Waals surface area contributed by atoms with E-state index < -0.39 is 76.6 Å². The van der Waals surface area contributed by atoms with Gasteiger partial charge in [-0.1, -0.05) is 26.0 Å². The minimum atomic E-state index is -1.37. The molecule has 0 bridgehead atoms. The van der Waals surface area contributed by atoms with Crippen molar-refractivity contribution in [2.24, 2.45) is 5.92 Å². The van der Waals surface area contributed by atoms with Gasteiger partial charge in [0.05, 0.1) is 0 Å². The molecule has 3 rings (SSSR count). The van der Waals surface area contributed by atoms with Crippen molar-refractivity contribution in [3.8, 4) is 0 Å². The summed E-state index contributed by atoms with van der Waals surface area (Å²) in [4.78, 5) is 55.5. The van der Waals surface area contributed by atoms with Gasteiger partial charge in [-0.3, -0.25) is 19.3 Å². The summed E-state index contributed by atoms with van der Waals surface area (Å²) >= 11 is 0. The lowest BCUT2D eigenvalue weighted by Crippen LogP contribution is -2.58. The van der Waals surface area contributed by atoms with Gasteiger partial charge in [0.25, 0.3) is 5.91 Å². The maximum absolute atomic E-state index is 14.4. The van der Waals surface area contributed by atoms with Gasteiger partial charge in [-0.2, -0.15) is 0 Å². The molecule has 0 saturated heterocycles. The number of hydrogen-bond donors (Lipinski definition) is 2. The van der Waals surface area contributed by atoms with Crippen molar-refractivity contribution in [3.63, 3.8) is 0 Å². The summed E-state index contributed by atoms with van der Waals surface area (Å²) in [5.41, 5.74) is -0.716. The molecule has 2 aromatic rings. The zero-order valence-electron chi connectivity index (χ0n) is 24.8. The molecule has 1 heterocycles. The van der Waals surface area contributed by atoms with E-state index in [9.17, 15) is 32.3 Å². The molecule has 0 saturated carbocycles. The Kier molecular flexibility index (Phi) is 9.90. The lowest BCUT2D eigenvalue weighted by molar-refractivity contribution is -0.144. The summed E-state index contributed by atoms with van der Waals surface area (Å²) in [7, 11) is 1.40. The highest BCUT2D eigenvalue weighted by Crippen LogP contribution is 2.33. The van der Waals surface area contributed by atoms with Crippen LogP contribution in [0, 0.1) is 23.4 Å². The molecular formula is C30H37F3N4O5. The SMILES string of the molecule is CC(C)[C@H](NC(=O)[C@H](C)N(C)C(=O)OC(C)(C)C)C(=O)N1CCc2cc(F)ccc2C1C(=O)Nc1c(F)cccc1F. The third-order valence-electron chi connectivity index (χ3n) is 6.95. The summed E-state index contributed by atoms with van der Waals surface area (Å²) in [5, 5.41) is 4.92. The van der Waals surface area contributed by atoms with Gasteiger partial charge in [0, 0.05) is 13.6 Å². The lowest BCUT2D eigenvalue weighted by atomic mass is 9.90. The van der Waals surface area contributed by atoms with Crippen LogP contribution in [0.25, 0.3) is 0 Å². The average molecular weight is 591 g/mol. The molecule has 12 heteroatoms. The van der Waals surface area contributed by atoms with E-state index in [0.29, 0.717) is 5.56 Å². The maximum Gasteiger partial charge on any atom is 0.410 e. The van der Waals surface area contributed by atoms with Crippen molar-refractivity contribution in [2.45, 2.75) is 71.7 Å². The first-order chi connectivity index (χ1) is 19.5. The van der Waals surface area contributed by atoms with E-state index >= 15 is 0 Å². The maximum atomic E-state index is 14.4. The molecule has 9 nitrogen and oxygen atoms in total. The first-order valence-corrected chi connectivity index (χ1v) is 13.6. The Morgan fingerprint density at radius 2 is 1.64 bits per heavy atom. The Morgan fingerprint density at radius 1 is 1.02 bits per heavy atom. The van der Waals surface area contributed by atoms with Crippen LogP contribution in [0.3, 0.4) is 0 Å². The Balaban J connectivity index is 1.91. The van der Waals surface area contributed by atoms with E-state index in [1.807, 2.05) is 0 Å². The molecule has 1 unspecified atom stereocenters. The van der Waals surface area contributed by atoms with Crippen LogP contribution in [-0.4, -0.2) is 64.9 Å². The van der Waals surface area contributed by atoms with Crippen LogP contribution >= 0.6 is 0 Å². The summed E-state index contributed by atoms with van der Waals surface area (Å²) in [5.74, 6) is -5.18. The first-order valence-electron chi connectivity index (χ1n) is 13.6. The van der Waals surface area contributed by atoms with Crippen molar-refractivity contribution in [1.29, 1.82) is 0 Å². The van der Waals surface area contributed by atoms with Crippen LogP contribution < -0.4 is 10.6 Å². The van der Waals surface area contributed by atoms with Gasteiger partial charge in [-0.15, -0.1) is 0 Å².